The minimum atomic E-state index is -0.0630. The average Bonchev–Trinajstić information content (AvgIpc) is 2.46. The van der Waals surface area contributed by atoms with Gasteiger partial charge in [0, 0.05) is 23.4 Å². The van der Waals surface area contributed by atoms with E-state index < -0.39 is 0 Å². The van der Waals surface area contributed by atoms with Crippen molar-refractivity contribution >= 4 is 17.7 Å². The molecule has 2 aromatic rings. The Morgan fingerprint density at radius 2 is 1.75 bits per heavy atom. The second-order valence-electron chi connectivity index (χ2n) is 3.99. The van der Waals surface area contributed by atoms with Crippen molar-refractivity contribution < 1.29 is 26.5 Å². The van der Waals surface area contributed by atoms with Gasteiger partial charge in [-0.15, -0.1) is 0 Å². The fourth-order valence-electron chi connectivity index (χ4n) is 1.55. The van der Waals surface area contributed by atoms with E-state index in [1.807, 2.05) is 0 Å². The van der Waals surface area contributed by atoms with Gasteiger partial charge in [0.25, 0.3) is 0 Å². The first-order valence-electron chi connectivity index (χ1n) is 5.82. The number of nitrogens with two attached hydrogens (primary N) is 1. The standard InChI is InChI=1S/C15H14N2O2.ClH/c1-19-14-4-2-12(3-5-14)15(18)8-11-17-9-6-13(16)7-10-17;/h2-11,16H,1H3;1H/b11-8+;. The molecule has 0 atom stereocenters. The van der Waals surface area contributed by atoms with Gasteiger partial charge in [-0.25, -0.2) is 0 Å². The minimum Gasteiger partial charge on any atom is -1.00 e. The molecule has 4 nitrogen and oxygen atoms in total. The van der Waals surface area contributed by atoms with Gasteiger partial charge in [-0.2, -0.15) is 4.57 Å². The van der Waals surface area contributed by atoms with Crippen LogP contribution >= 0.6 is 0 Å². The van der Waals surface area contributed by atoms with E-state index in [9.17, 15) is 4.79 Å². The number of aromatic nitrogens is 1. The molecule has 20 heavy (non-hydrogen) atoms. The van der Waals surface area contributed by atoms with Crippen LogP contribution in [0.4, 0.5) is 5.69 Å². The summed E-state index contributed by atoms with van der Waals surface area (Å²) in [5, 5.41) is 0. The van der Waals surface area contributed by atoms with Gasteiger partial charge >= 0.3 is 0 Å². The van der Waals surface area contributed by atoms with E-state index in [0.29, 0.717) is 11.3 Å². The van der Waals surface area contributed by atoms with E-state index in [1.54, 1.807) is 66.7 Å². The summed E-state index contributed by atoms with van der Waals surface area (Å²) in [6.45, 7) is 0. The lowest BCUT2D eigenvalue weighted by Gasteiger charge is -1.99. The van der Waals surface area contributed by atoms with Crippen LogP contribution in [0.15, 0.2) is 54.9 Å². The van der Waals surface area contributed by atoms with Crippen molar-refractivity contribution in [1.29, 1.82) is 0 Å². The SMILES string of the molecule is COc1ccc(C(=O)/C=C/[n+]2ccc(N)cc2)cc1.[Cl-]. The summed E-state index contributed by atoms with van der Waals surface area (Å²) < 4.78 is 6.81. The smallest absolute Gasteiger partial charge is 0.191 e. The predicted molar refractivity (Wildman–Crippen MR) is 73.7 cm³/mol. The third-order valence-electron chi connectivity index (χ3n) is 2.65. The van der Waals surface area contributed by atoms with Gasteiger partial charge in [-0.05, 0) is 24.3 Å². The molecular formula is C15H15ClN2O2. The average molecular weight is 291 g/mol. The van der Waals surface area contributed by atoms with Crippen LogP contribution in [0.3, 0.4) is 0 Å². The number of halogens is 1. The van der Waals surface area contributed by atoms with E-state index in [4.69, 9.17) is 10.5 Å². The zero-order valence-electron chi connectivity index (χ0n) is 11.0. The van der Waals surface area contributed by atoms with Crippen LogP contribution in [0.1, 0.15) is 10.4 Å². The van der Waals surface area contributed by atoms with Crippen LogP contribution in [0.2, 0.25) is 0 Å². The lowest BCUT2D eigenvalue weighted by Crippen LogP contribution is -3.00. The Hall–Kier alpha value is -2.33. The number of pyridine rings is 1. The summed E-state index contributed by atoms with van der Waals surface area (Å²) in [6.07, 6.45) is 6.77. The van der Waals surface area contributed by atoms with Crippen LogP contribution in [0.5, 0.6) is 5.75 Å². The number of allylic oxidation sites excluding steroid dienone is 1. The fraction of sp³-hybridized carbons (Fsp3) is 0.0667. The monoisotopic (exact) mass is 290 g/mol. The number of carbonyl (C=O) groups excluding carboxylic acids is 1. The highest BCUT2D eigenvalue weighted by Gasteiger charge is 2.03. The maximum atomic E-state index is 11.9. The highest BCUT2D eigenvalue weighted by Crippen LogP contribution is 2.11. The molecule has 1 aromatic carbocycles. The quantitative estimate of drug-likeness (QED) is 0.443. The molecule has 0 radical (unpaired) electrons. The number of carbonyl (C=O) groups is 1. The van der Waals surface area contributed by atoms with Crippen molar-refractivity contribution in [3.63, 3.8) is 0 Å². The normalized spacial score (nSPS) is 10.1. The first-order valence-corrected chi connectivity index (χ1v) is 5.82. The number of benzene rings is 1. The van der Waals surface area contributed by atoms with Crippen LogP contribution in [0, 0.1) is 0 Å². The molecule has 5 heteroatoms. The maximum absolute atomic E-state index is 11.9. The van der Waals surface area contributed by atoms with Crippen LogP contribution in [-0.2, 0) is 0 Å². The molecule has 0 amide bonds. The summed E-state index contributed by atoms with van der Waals surface area (Å²) in [6, 6.07) is 10.5. The van der Waals surface area contributed by atoms with Gasteiger partial charge < -0.3 is 22.9 Å². The molecule has 0 unspecified atom stereocenters. The largest absolute Gasteiger partial charge is 1.00 e. The van der Waals surface area contributed by atoms with Gasteiger partial charge in [0.1, 0.15) is 5.75 Å². The third kappa shape index (κ3) is 4.10. The highest BCUT2D eigenvalue weighted by molar-refractivity contribution is 6.05. The Bertz CT molecular complexity index is 592. The maximum Gasteiger partial charge on any atom is 0.191 e. The molecule has 0 fully saturated rings. The summed E-state index contributed by atoms with van der Waals surface area (Å²) >= 11 is 0. The molecule has 1 aromatic heterocycles. The van der Waals surface area contributed by atoms with E-state index in [2.05, 4.69) is 0 Å². The lowest BCUT2D eigenvalue weighted by atomic mass is 10.1. The first-order chi connectivity index (χ1) is 9.19. The first kappa shape index (κ1) is 15.7. The van der Waals surface area contributed by atoms with Crippen LogP contribution in [0.25, 0.3) is 6.20 Å². The molecule has 2 N–H and O–H groups in total. The van der Waals surface area contributed by atoms with Gasteiger partial charge in [0.15, 0.2) is 24.4 Å². The summed E-state index contributed by atoms with van der Waals surface area (Å²) in [4.78, 5) is 11.9. The number of methoxy groups -OCH3 is 1. The predicted octanol–water partition coefficient (Wildman–Crippen LogP) is -1.08. The molecule has 2 rings (SSSR count). The number of hydrogen-bond acceptors (Lipinski definition) is 3. The summed E-state index contributed by atoms with van der Waals surface area (Å²) in [5.41, 5.74) is 6.89. The molecule has 0 aliphatic heterocycles. The summed E-state index contributed by atoms with van der Waals surface area (Å²) in [5.74, 6) is 0.667. The fourth-order valence-corrected chi connectivity index (χ4v) is 1.55. The molecule has 0 saturated heterocycles. The van der Waals surface area contributed by atoms with Crippen molar-refractivity contribution in [2.75, 3.05) is 12.8 Å². The topological polar surface area (TPSA) is 56.2 Å². The van der Waals surface area contributed by atoms with E-state index in [1.165, 1.54) is 6.08 Å². The van der Waals surface area contributed by atoms with Crippen LogP contribution in [-0.4, -0.2) is 12.9 Å². The van der Waals surface area contributed by atoms with E-state index >= 15 is 0 Å². The van der Waals surface area contributed by atoms with Crippen molar-refractivity contribution in [1.82, 2.24) is 0 Å². The zero-order valence-corrected chi connectivity index (χ0v) is 11.7. The Kier molecular flexibility index (Phi) is 5.74. The van der Waals surface area contributed by atoms with E-state index in [-0.39, 0.29) is 18.2 Å². The van der Waals surface area contributed by atoms with Crippen molar-refractivity contribution in [2.24, 2.45) is 0 Å². The van der Waals surface area contributed by atoms with Gasteiger partial charge in [-0.1, -0.05) is 0 Å². The molecule has 1 heterocycles. The molecule has 0 spiro atoms. The second-order valence-corrected chi connectivity index (χ2v) is 3.99. The Balaban J connectivity index is 0.00000200. The zero-order chi connectivity index (χ0) is 13.7. The second kappa shape index (κ2) is 7.31. The molecule has 0 bridgehead atoms. The lowest BCUT2D eigenvalue weighted by molar-refractivity contribution is -0.568. The van der Waals surface area contributed by atoms with Crippen LogP contribution < -0.4 is 27.4 Å². The molecule has 104 valence electrons. The molecule has 0 aliphatic rings. The highest BCUT2D eigenvalue weighted by atomic mass is 35.5. The molecular weight excluding hydrogens is 276 g/mol. The number of nitrogen functional groups attached to an aromatic ring is 1. The Labute approximate surface area is 123 Å². The summed E-state index contributed by atoms with van der Waals surface area (Å²) in [7, 11) is 1.59. The van der Waals surface area contributed by atoms with Crippen molar-refractivity contribution in [2.45, 2.75) is 0 Å². The number of rotatable bonds is 4. The third-order valence-corrected chi connectivity index (χ3v) is 2.65. The number of nitrogens with zero attached hydrogens (tertiary/aromatic N) is 1. The van der Waals surface area contributed by atoms with Gasteiger partial charge in [-0.3, -0.25) is 4.79 Å². The molecule has 0 aliphatic carbocycles. The molecule has 0 saturated carbocycles. The van der Waals surface area contributed by atoms with Gasteiger partial charge in [0.05, 0.1) is 13.2 Å². The number of hydrogen-bond donors (Lipinski definition) is 1. The Morgan fingerprint density at radius 1 is 1.15 bits per heavy atom. The minimum absolute atomic E-state index is 0. The van der Waals surface area contributed by atoms with Gasteiger partial charge in [0.2, 0.25) is 0 Å². The number of anilines is 1. The number of ketones is 1. The van der Waals surface area contributed by atoms with E-state index in [0.717, 1.165) is 5.75 Å². The van der Waals surface area contributed by atoms with Crippen molar-refractivity contribution in [3.8, 4) is 5.75 Å². The van der Waals surface area contributed by atoms with Crippen molar-refractivity contribution in [3.05, 3.63) is 60.4 Å². The Morgan fingerprint density at radius 3 is 2.30 bits per heavy atom. The number of ether oxygens (including phenoxy) is 1.